The molecule has 0 fully saturated rings. The molecule has 0 bridgehead atoms. The van der Waals surface area contributed by atoms with Crippen molar-refractivity contribution in [2.75, 3.05) is 0 Å². The number of aromatic amines is 2. The van der Waals surface area contributed by atoms with Crippen molar-refractivity contribution in [3.05, 3.63) is 9.33 Å². The molecular weight excluding hydrogens is 182 g/mol. The quantitative estimate of drug-likeness (QED) is 0.650. The smallest absolute Gasteiger partial charge is 0.221 e. The third-order valence-electron chi connectivity index (χ3n) is 1.11. The largest absolute Gasteiger partial charge is 0.334 e. The van der Waals surface area contributed by atoms with Crippen LogP contribution in [0, 0.1) is 3.95 Å². The van der Waals surface area contributed by atoms with Crippen molar-refractivity contribution >= 4 is 23.6 Å². The van der Waals surface area contributed by atoms with Crippen molar-refractivity contribution < 1.29 is 0 Å². The summed E-state index contributed by atoms with van der Waals surface area (Å²) in [6.45, 7) is 0. The predicted octanol–water partition coefficient (Wildman–Crippen LogP) is 0.986. The number of hydrogen-bond donors (Lipinski definition) is 2. The van der Waals surface area contributed by atoms with Crippen LogP contribution in [0.1, 0.15) is 0 Å². The van der Waals surface area contributed by atoms with Gasteiger partial charge in [0.1, 0.15) is 0 Å². The number of thiazole rings is 1. The number of rotatable bonds is 1. The highest BCUT2D eigenvalue weighted by molar-refractivity contribution is 7.73. The summed E-state index contributed by atoms with van der Waals surface area (Å²) in [6.07, 6.45) is 0. The maximum atomic E-state index is 4.88. The summed E-state index contributed by atoms with van der Waals surface area (Å²) < 4.78 is 0.713. The first kappa shape index (κ1) is 6.62. The minimum atomic E-state index is 0.539. The first-order valence-electron chi connectivity index (χ1n) is 2.78. The second-order valence-corrected chi connectivity index (χ2v) is 3.34. The monoisotopic (exact) mass is 185 g/mol. The van der Waals surface area contributed by atoms with Crippen LogP contribution in [0.5, 0.6) is 0 Å². The van der Waals surface area contributed by atoms with Gasteiger partial charge in [-0.25, -0.2) is 0 Å². The highest BCUT2D eigenvalue weighted by Gasteiger charge is 2.02. The van der Waals surface area contributed by atoms with E-state index in [2.05, 4.69) is 25.6 Å². The lowest BCUT2D eigenvalue weighted by molar-refractivity contribution is 0.881. The molecule has 2 rings (SSSR count). The molecule has 2 aromatic rings. The van der Waals surface area contributed by atoms with E-state index in [1.54, 1.807) is 0 Å². The van der Waals surface area contributed by atoms with E-state index in [4.69, 9.17) is 12.2 Å². The number of aromatic nitrogens is 5. The molecule has 2 heterocycles. The molecular formula is C4H3N5S2. The van der Waals surface area contributed by atoms with E-state index in [0.717, 1.165) is 5.69 Å². The van der Waals surface area contributed by atoms with Crippen LogP contribution in [0.4, 0.5) is 0 Å². The fraction of sp³-hybridized carbons (Fsp3) is 0. The highest BCUT2D eigenvalue weighted by Crippen LogP contribution is 2.13. The Kier molecular flexibility index (Phi) is 1.51. The van der Waals surface area contributed by atoms with E-state index >= 15 is 0 Å². The molecule has 0 radical (unpaired) electrons. The molecule has 0 unspecified atom stereocenters. The Bertz CT molecular complexity index is 385. The standard InChI is InChI=1S/C4H3N5S2/c10-4-5-2(1-11-4)3-6-8-9-7-3/h1H,(H,5,10)(H,6,7,8,9). The third-order valence-corrected chi connectivity index (χ3v) is 2.17. The van der Waals surface area contributed by atoms with Gasteiger partial charge in [0.2, 0.25) is 5.82 Å². The topological polar surface area (TPSA) is 70.2 Å². The lowest BCUT2D eigenvalue weighted by Crippen LogP contribution is -1.79. The summed E-state index contributed by atoms with van der Waals surface area (Å²) in [5, 5.41) is 15.2. The van der Waals surface area contributed by atoms with Gasteiger partial charge < -0.3 is 4.98 Å². The second kappa shape index (κ2) is 2.51. The summed E-state index contributed by atoms with van der Waals surface area (Å²) in [5.74, 6) is 0.539. The lowest BCUT2D eigenvalue weighted by Gasteiger charge is -1.81. The molecule has 0 saturated heterocycles. The van der Waals surface area contributed by atoms with Crippen molar-refractivity contribution in [2.24, 2.45) is 0 Å². The first-order chi connectivity index (χ1) is 5.36. The van der Waals surface area contributed by atoms with Gasteiger partial charge in [0.05, 0.1) is 5.69 Å². The van der Waals surface area contributed by atoms with Crippen LogP contribution in [0.25, 0.3) is 11.5 Å². The van der Waals surface area contributed by atoms with Gasteiger partial charge >= 0.3 is 0 Å². The van der Waals surface area contributed by atoms with Gasteiger partial charge in [0.15, 0.2) is 3.95 Å². The lowest BCUT2D eigenvalue weighted by atomic mass is 10.5. The minimum Gasteiger partial charge on any atom is -0.334 e. The average molecular weight is 185 g/mol. The zero-order chi connectivity index (χ0) is 7.68. The van der Waals surface area contributed by atoms with Gasteiger partial charge in [-0.15, -0.1) is 21.5 Å². The summed E-state index contributed by atoms with van der Waals surface area (Å²) in [4.78, 5) is 2.93. The summed E-state index contributed by atoms with van der Waals surface area (Å²) >= 11 is 6.32. The molecule has 11 heavy (non-hydrogen) atoms. The fourth-order valence-electron chi connectivity index (χ4n) is 0.666. The van der Waals surface area contributed by atoms with E-state index in [9.17, 15) is 0 Å². The molecule has 0 amide bonds. The van der Waals surface area contributed by atoms with E-state index in [1.165, 1.54) is 11.3 Å². The molecule has 5 nitrogen and oxygen atoms in total. The Morgan fingerprint density at radius 1 is 1.55 bits per heavy atom. The van der Waals surface area contributed by atoms with Crippen molar-refractivity contribution in [1.29, 1.82) is 0 Å². The SMILES string of the molecule is S=c1[nH]c(-c2nn[nH]n2)cs1. The van der Waals surface area contributed by atoms with Crippen LogP contribution in [-0.4, -0.2) is 25.6 Å². The van der Waals surface area contributed by atoms with Crippen LogP contribution in [0.2, 0.25) is 0 Å². The normalized spacial score (nSPS) is 10.2. The zero-order valence-corrected chi connectivity index (χ0v) is 6.87. The predicted molar refractivity (Wildman–Crippen MR) is 42.7 cm³/mol. The van der Waals surface area contributed by atoms with Crippen molar-refractivity contribution in [1.82, 2.24) is 25.6 Å². The van der Waals surface area contributed by atoms with E-state index in [-0.39, 0.29) is 0 Å². The van der Waals surface area contributed by atoms with Crippen LogP contribution >= 0.6 is 23.6 Å². The fourth-order valence-corrected chi connectivity index (χ4v) is 1.48. The molecule has 0 aliphatic rings. The van der Waals surface area contributed by atoms with Crippen LogP contribution < -0.4 is 0 Å². The Hall–Kier alpha value is -1.08. The van der Waals surface area contributed by atoms with E-state index in [0.29, 0.717) is 9.78 Å². The van der Waals surface area contributed by atoms with Crippen LogP contribution in [0.3, 0.4) is 0 Å². The van der Waals surface area contributed by atoms with E-state index in [1.807, 2.05) is 5.38 Å². The molecule has 0 atom stereocenters. The van der Waals surface area contributed by atoms with Crippen LogP contribution in [0.15, 0.2) is 5.38 Å². The maximum absolute atomic E-state index is 4.88. The Labute approximate surface area is 70.5 Å². The molecule has 0 aliphatic carbocycles. The van der Waals surface area contributed by atoms with Gasteiger partial charge in [0, 0.05) is 5.38 Å². The number of nitrogens with one attached hydrogen (secondary N) is 2. The van der Waals surface area contributed by atoms with Crippen molar-refractivity contribution in [3.63, 3.8) is 0 Å². The first-order valence-corrected chi connectivity index (χ1v) is 4.06. The molecule has 0 spiro atoms. The number of H-pyrrole nitrogens is 2. The van der Waals surface area contributed by atoms with Gasteiger partial charge in [-0.05, 0) is 17.4 Å². The number of nitrogens with zero attached hydrogens (tertiary/aromatic N) is 3. The summed E-state index contributed by atoms with van der Waals surface area (Å²) in [5.41, 5.74) is 0.800. The minimum absolute atomic E-state index is 0.539. The van der Waals surface area contributed by atoms with E-state index < -0.39 is 0 Å². The van der Waals surface area contributed by atoms with Crippen molar-refractivity contribution in [2.45, 2.75) is 0 Å². The molecule has 0 saturated carbocycles. The molecule has 56 valence electrons. The van der Waals surface area contributed by atoms with Crippen molar-refractivity contribution in [3.8, 4) is 11.5 Å². The third kappa shape index (κ3) is 1.19. The van der Waals surface area contributed by atoms with Gasteiger partial charge in [-0.3, -0.25) is 0 Å². The zero-order valence-electron chi connectivity index (χ0n) is 5.24. The average Bonchev–Trinajstić information content (AvgIpc) is 2.55. The molecule has 2 aromatic heterocycles. The Morgan fingerprint density at radius 3 is 3.00 bits per heavy atom. The highest BCUT2D eigenvalue weighted by atomic mass is 32.1. The van der Waals surface area contributed by atoms with Gasteiger partial charge in [-0.1, -0.05) is 0 Å². The molecule has 0 aromatic carbocycles. The summed E-state index contributed by atoms with van der Waals surface area (Å²) in [6, 6.07) is 0. The van der Waals surface area contributed by atoms with Gasteiger partial charge in [-0.2, -0.15) is 5.21 Å². The van der Waals surface area contributed by atoms with Gasteiger partial charge in [0.25, 0.3) is 0 Å². The second-order valence-electron chi connectivity index (χ2n) is 1.80. The Morgan fingerprint density at radius 2 is 2.45 bits per heavy atom. The molecule has 2 N–H and O–H groups in total. The number of tetrazole rings is 1. The molecule has 7 heteroatoms. The number of hydrogen-bond acceptors (Lipinski definition) is 5. The van der Waals surface area contributed by atoms with Crippen LogP contribution in [-0.2, 0) is 0 Å². The molecule has 0 aliphatic heterocycles. The summed E-state index contributed by atoms with van der Waals surface area (Å²) in [7, 11) is 0. The Balaban J connectivity index is 2.53. The maximum Gasteiger partial charge on any atom is 0.221 e.